The molecule has 0 bridgehead atoms. The van der Waals surface area contributed by atoms with Gasteiger partial charge in [0.2, 0.25) is 0 Å². The van der Waals surface area contributed by atoms with Crippen molar-refractivity contribution in [3.05, 3.63) is 0 Å². The Hall–Kier alpha value is -0.420. The molecule has 0 fully saturated rings. The summed E-state index contributed by atoms with van der Waals surface area (Å²) in [5, 5.41) is 7.42. The number of halogens is 1. The van der Waals surface area contributed by atoms with Crippen LogP contribution in [0.1, 0.15) is 75.2 Å². The van der Waals surface area contributed by atoms with Gasteiger partial charge in [0.25, 0.3) is 5.97 Å². The zero-order valence-electron chi connectivity index (χ0n) is 17.5. The van der Waals surface area contributed by atoms with Crippen LogP contribution >= 0.6 is 0 Å². The fraction of sp³-hybridized carbons (Fsp3) is 0.895. The molecular formula is C19H42BrNO3. The van der Waals surface area contributed by atoms with Gasteiger partial charge in [0.1, 0.15) is 5.78 Å². The summed E-state index contributed by atoms with van der Waals surface area (Å²) in [6, 6.07) is 0. The highest BCUT2D eigenvalue weighted by Crippen LogP contribution is 2.07. The van der Waals surface area contributed by atoms with E-state index < -0.39 is 5.97 Å². The van der Waals surface area contributed by atoms with Gasteiger partial charge in [-0.15, -0.1) is 0 Å². The minimum absolute atomic E-state index is 0. The molecule has 0 rings (SSSR count). The van der Waals surface area contributed by atoms with E-state index in [0.717, 1.165) is 19.8 Å². The van der Waals surface area contributed by atoms with Crippen LogP contribution in [0, 0.1) is 11.8 Å². The Labute approximate surface area is 161 Å². The molecule has 0 unspecified atom stereocenters. The van der Waals surface area contributed by atoms with Crippen LogP contribution in [0.5, 0.6) is 0 Å². The number of carbonyl (C=O) groups excluding carboxylic acids is 1. The van der Waals surface area contributed by atoms with Crippen LogP contribution < -0.4 is 17.0 Å². The molecule has 148 valence electrons. The summed E-state index contributed by atoms with van der Waals surface area (Å²) in [5.74, 6) is 0.613. The Morgan fingerprint density at radius 2 is 1.00 bits per heavy atom. The summed E-state index contributed by atoms with van der Waals surface area (Å²) in [4.78, 5) is 20.1. The van der Waals surface area contributed by atoms with E-state index in [4.69, 9.17) is 9.90 Å². The average Bonchev–Trinajstić information content (AvgIpc) is 2.40. The Balaban J connectivity index is -0.000000133. The molecule has 0 aliphatic rings. The van der Waals surface area contributed by atoms with Crippen molar-refractivity contribution in [2.75, 3.05) is 26.2 Å². The number of ketones is 1. The lowest BCUT2D eigenvalue weighted by molar-refractivity contribution is -0.921. The molecule has 5 heteroatoms. The van der Waals surface area contributed by atoms with E-state index in [0.29, 0.717) is 17.6 Å². The molecular weight excluding hydrogens is 370 g/mol. The molecule has 0 aliphatic heterocycles. The quantitative estimate of drug-likeness (QED) is 0.617. The van der Waals surface area contributed by atoms with Gasteiger partial charge in [-0.1, -0.05) is 27.7 Å². The lowest BCUT2D eigenvalue weighted by Gasteiger charge is -2.34. The molecule has 0 saturated carbocycles. The number of carbonyl (C=O) groups is 2. The van der Waals surface area contributed by atoms with Gasteiger partial charge in [-0.25, -0.2) is 0 Å². The SMILES string of the molecule is CC(=O)O.CC(C)CC(=O)CC(C)C.CC[N+](CC)(CC)CC.[Br-]. The first-order valence-electron chi connectivity index (χ1n) is 9.06. The van der Waals surface area contributed by atoms with E-state index in [1.165, 1.54) is 30.7 Å². The smallest absolute Gasteiger partial charge is 0.300 e. The summed E-state index contributed by atoms with van der Waals surface area (Å²) >= 11 is 0. The summed E-state index contributed by atoms with van der Waals surface area (Å²) < 4.78 is 1.28. The second-order valence-corrected chi connectivity index (χ2v) is 6.86. The third kappa shape index (κ3) is 23.8. The minimum atomic E-state index is -0.833. The molecule has 24 heavy (non-hydrogen) atoms. The van der Waals surface area contributed by atoms with Crippen LogP contribution in [0.4, 0.5) is 0 Å². The highest BCUT2D eigenvalue weighted by molar-refractivity contribution is 5.78. The lowest BCUT2D eigenvalue weighted by Crippen LogP contribution is -3.00. The Morgan fingerprint density at radius 1 is 0.792 bits per heavy atom. The topological polar surface area (TPSA) is 54.4 Å². The molecule has 0 aromatic carbocycles. The zero-order valence-corrected chi connectivity index (χ0v) is 19.1. The Morgan fingerprint density at radius 3 is 1.08 bits per heavy atom. The van der Waals surface area contributed by atoms with Crippen LogP contribution in [0.3, 0.4) is 0 Å². The van der Waals surface area contributed by atoms with Crippen molar-refractivity contribution in [3.8, 4) is 0 Å². The van der Waals surface area contributed by atoms with E-state index >= 15 is 0 Å². The maximum absolute atomic E-state index is 11.1. The van der Waals surface area contributed by atoms with Crippen molar-refractivity contribution in [2.45, 2.75) is 75.2 Å². The molecule has 1 N–H and O–H groups in total. The number of hydrogen-bond donors (Lipinski definition) is 1. The molecule has 0 aliphatic carbocycles. The largest absolute Gasteiger partial charge is 1.00 e. The normalized spacial score (nSPS) is 10.1. The van der Waals surface area contributed by atoms with Crippen LogP contribution in [0.15, 0.2) is 0 Å². The van der Waals surface area contributed by atoms with Gasteiger partial charge in [0.05, 0.1) is 26.2 Å². The number of Topliss-reactive ketones (excluding diaryl/α,β-unsaturated/α-hetero) is 1. The van der Waals surface area contributed by atoms with Crippen molar-refractivity contribution < 1.29 is 36.2 Å². The molecule has 0 aromatic heterocycles. The van der Waals surface area contributed by atoms with Crippen LogP contribution in [0.25, 0.3) is 0 Å². The maximum atomic E-state index is 11.1. The molecule has 0 saturated heterocycles. The molecule has 0 radical (unpaired) electrons. The minimum Gasteiger partial charge on any atom is -1.00 e. The molecule has 0 atom stereocenters. The predicted octanol–water partition coefficient (Wildman–Crippen LogP) is 1.63. The summed E-state index contributed by atoms with van der Waals surface area (Å²) in [7, 11) is 0. The number of carboxylic acid groups (broad SMARTS) is 1. The average molecular weight is 412 g/mol. The third-order valence-corrected chi connectivity index (χ3v) is 3.96. The highest BCUT2D eigenvalue weighted by Gasteiger charge is 2.16. The van der Waals surface area contributed by atoms with Crippen LogP contribution in [-0.2, 0) is 9.59 Å². The van der Waals surface area contributed by atoms with Crippen molar-refractivity contribution >= 4 is 11.8 Å². The molecule has 0 spiro atoms. The van der Waals surface area contributed by atoms with Gasteiger partial charge in [0.15, 0.2) is 0 Å². The summed E-state index contributed by atoms with van der Waals surface area (Å²) in [5.41, 5.74) is 0. The Bertz CT molecular complexity index is 267. The highest BCUT2D eigenvalue weighted by atomic mass is 79.9. The Kier molecular flexibility index (Phi) is 24.7. The first kappa shape index (κ1) is 31.4. The fourth-order valence-electron chi connectivity index (χ4n) is 2.34. The zero-order chi connectivity index (χ0) is 19.1. The number of rotatable bonds is 8. The lowest BCUT2D eigenvalue weighted by atomic mass is 10.00. The van der Waals surface area contributed by atoms with Crippen molar-refractivity contribution in [3.63, 3.8) is 0 Å². The molecule has 0 aromatic rings. The van der Waals surface area contributed by atoms with E-state index in [1.54, 1.807) is 0 Å². The molecule has 4 nitrogen and oxygen atoms in total. The van der Waals surface area contributed by atoms with Crippen LogP contribution in [-0.4, -0.2) is 47.5 Å². The van der Waals surface area contributed by atoms with Gasteiger partial charge in [-0.05, 0) is 39.5 Å². The summed E-state index contributed by atoms with van der Waals surface area (Å²) in [6.07, 6.45) is 1.50. The van der Waals surface area contributed by atoms with Crippen molar-refractivity contribution in [1.82, 2.24) is 0 Å². The van der Waals surface area contributed by atoms with Crippen molar-refractivity contribution in [1.29, 1.82) is 0 Å². The number of quaternary nitrogens is 1. The fourth-order valence-corrected chi connectivity index (χ4v) is 2.34. The van der Waals surface area contributed by atoms with Gasteiger partial charge in [0, 0.05) is 19.8 Å². The predicted molar refractivity (Wildman–Crippen MR) is 99.7 cm³/mol. The number of nitrogens with zero attached hydrogens (tertiary/aromatic N) is 1. The molecule has 0 heterocycles. The third-order valence-electron chi connectivity index (χ3n) is 3.96. The van der Waals surface area contributed by atoms with E-state index in [1.807, 2.05) is 0 Å². The van der Waals surface area contributed by atoms with E-state index in [9.17, 15) is 4.79 Å². The monoisotopic (exact) mass is 411 g/mol. The van der Waals surface area contributed by atoms with Gasteiger partial charge in [-0.2, -0.15) is 0 Å². The first-order valence-corrected chi connectivity index (χ1v) is 9.06. The van der Waals surface area contributed by atoms with Gasteiger partial charge in [-0.3, -0.25) is 9.59 Å². The standard InChI is InChI=1S/C9H18O.C8H20N.C2H4O2.BrH/c1-7(2)5-9(10)6-8(3)4;1-5-9(6-2,7-3)8-4;1-2(3)4;/h7-8H,5-6H2,1-4H3;5-8H2,1-4H3;1H3,(H,3,4);1H/q;+1;;/p-1. The maximum Gasteiger partial charge on any atom is 0.300 e. The second kappa shape index (κ2) is 18.9. The summed E-state index contributed by atoms with van der Waals surface area (Å²) in [6.45, 7) is 23.6. The number of aliphatic carboxylic acids is 1. The second-order valence-electron chi connectivity index (χ2n) is 6.86. The van der Waals surface area contributed by atoms with E-state index in [2.05, 4.69) is 55.4 Å². The number of hydrogen-bond acceptors (Lipinski definition) is 2. The van der Waals surface area contributed by atoms with Crippen LogP contribution in [0.2, 0.25) is 0 Å². The van der Waals surface area contributed by atoms with Gasteiger partial charge >= 0.3 is 0 Å². The van der Waals surface area contributed by atoms with E-state index in [-0.39, 0.29) is 17.0 Å². The molecule has 0 amide bonds. The van der Waals surface area contributed by atoms with Crippen molar-refractivity contribution in [2.24, 2.45) is 11.8 Å². The number of carboxylic acids is 1. The first-order chi connectivity index (χ1) is 10.5. The van der Waals surface area contributed by atoms with Gasteiger partial charge < -0.3 is 26.6 Å².